The summed E-state index contributed by atoms with van der Waals surface area (Å²) in [7, 11) is 0. The number of aliphatic imine (C=N–C) groups is 1. The van der Waals surface area contributed by atoms with Gasteiger partial charge in [0.25, 0.3) is 0 Å². The van der Waals surface area contributed by atoms with Crippen LogP contribution in [0.25, 0.3) is 0 Å². The van der Waals surface area contributed by atoms with Gasteiger partial charge in [0.1, 0.15) is 11.4 Å². The van der Waals surface area contributed by atoms with Gasteiger partial charge in [0.15, 0.2) is 0 Å². The molecule has 2 amide bonds. The van der Waals surface area contributed by atoms with E-state index in [4.69, 9.17) is 12.2 Å². The number of rotatable bonds is 2. The van der Waals surface area contributed by atoms with Crippen LogP contribution in [0.4, 0.5) is 4.79 Å². The molecule has 0 saturated heterocycles. The van der Waals surface area contributed by atoms with Crippen LogP contribution in [-0.2, 0) is 0 Å². The Morgan fingerprint density at radius 2 is 2.18 bits per heavy atom. The highest BCUT2D eigenvalue weighted by molar-refractivity contribution is 6.05. The van der Waals surface area contributed by atoms with Gasteiger partial charge in [0, 0.05) is 0 Å². The van der Waals surface area contributed by atoms with E-state index in [0.29, 0.717) is 11.8 Å². The number of urea groups is 1. The standard InChI is InChI=1S/C13H19N3O/c1-3-9-16-12(17)15-11(14)13(16,2)10-7-5-4-6-8-10/h1,10H,4-9H2,2H3,(H2,14,15,17). The van der Waals surface area contributed by atoms with E-state index in [0.717, 1.165) is 12.8 Å². The molecule has 0 radical (unpaired) electrons. The lowest BCUT2D eigenvalue weighted by atomic mass is 9.74. The number of carbonyl (C=O) groups is 1. The molecule has 4 nitrogen and oxygen atoms in total. The largest absolute Gasteiger partial charge is 0.385 e. The molecule has 0 aromatic rings. The highest BCUT2D eigenvalue weighted by Gasteiger charge is 2.49. The average Bonchev–Trinajstić information content (AvgIpc) is 2.55. The van der Waals surface area contributed by atoms with E-state index < -0.39 is 5.54 Å². The maximum absolute atomic E-state index is 11.8. The van der Waals surface area contributed by atoms with E-state index in [9.17, 15) is 4.79 Å². The molecule has 1 aliphatic heterocycles. The third-order valence-electron chi connectivity index (χ3n) is 4.18. The Morgan fingerprint density at radius 3 is 2.76 bits per heavy atom. The highest BCUT2D eigenvalue weighted by Crippen LogP contribution is 2.39. The van der Waals surface area contributed by atoms with Crippen LogP contribution < -0.4 is 5.73 Å². The molecule has 92 valence electrons. The number of amides is 2. The quantitative estimate of drug-likeness (QED) is 0.739. The van der Waals surface area contributed by atoms with Crippen LogP contribution in [0.2, 0.25) is 0 Å². The lowest BCUT2D eigenvalue weighted by Crippen LogP contribution is -2.57. The molecule has 0 bridgehead atoms. The first-order valence-electron chi connectivity index (χ1n) is 6.20. The normalized spacial score (nSPS) is 30.2. The molecular weight excluding hydrogens is 214 g/mol. The first-order chi connectivity index (χ1) is 8.10. The number of nitrogens with two attached hydrogens (primary N) is 1. The van der Waals surface area contributed by atoms with Crippen molar-refractivity contribution in [3.63, 3.8) is 0 Å². The van der Waals surface area contributed by atoms with Crippen molar-refractivity contribution in [2.75, 3.05) is 6.54 Å². The maximum Gasteiger partial charge on any atom is 0.346 e. The molecule has 1 atom stereocenters. The topological polar surface area (TPSA) is 58.7 Å². The molecule has 2 N–H and O–H groups in total. The van der Waals surface area contributed by atoms with Gasteiger partial charge in [-0.15, -0.1) is 6.42 Å². The van der Waals surface area contributed by atoms with Crippen LogP contribution >= 0.6 is 0 Å². The molecule has 1 unspecified atom stereocenters. The zero-order chi connectivity index (χ0) is 12.5. The number of nitrogens with zero attached hydrogens (tertiary/aromatic N) is 2. The monoisotopic (exact) mass is 233 g/mol. The van der Waals surface area contributed by atoms with E-state index in [2.05, 4.69) is 10.9 Å². The van der Waals surface area contributed by atoms with E-state index in [-0.39, 0.29) is 12.6 Å². The number of hydrogen-bond donors (Lipinski definition) is 1. The van der Waals surface area contributed by atoms with Crippen LogP contribution in [-0.4, -0.2) is 28.9 Å². The van der Waals surface area contributed by atoms with Crippen molar-refractivity contribution in [2.24, 2.45) is 16.6 Å². The average molecular weight is 233 g/mol. The van der Waals surface area contributed by atoms with Crippen LogP contribution in [0.5, 0.6) is 0 Å². The summed E-state index contributed by atoms with van der Waals surface area (Å²) < 4.78 is 0. The van der Waals surface area contributed by atoms with Crippen LogP contribution in [0.3, 0.4) is 0 Å². The summed E-state index contributed by atoms with van der Waals surface area (Å²) in [6.45, 7) is 2.29. The SMILES string of the molecule is C#CCN1C(=O)N=C(N)C1(C)C1CCCCC1. The molecule has 1 fully saturated rings. The molecule has 0 aromatic carbocycles. The minimum atomic E-state index is -0.468. The number of amidine groups is 1. The molecule has 0 spiro atoms. The molecule has 2 aliphatic rings. The predicted molar refractivity (Wildman–Crippen MR) is 67.5 cm³/mol. The van der Waals surface area contributed by atoms with E-state index in [1.54, 1.807) is 4.90 Å². The van der Waals surface area contributed by atoms with Crippen molar-refractivity contribution in [1.82, 2.24) is 4.90 Å². The Hall–Kier alpha value is -1.50. The molecule has 1 saturated carbocycles. The van der Waals surface area contributed by atoms with Gasteiger partial charge in [0.05, 0.1) is 6.54 Å². The summed E-state index contributed by atoms with van der Waals surface area (Å²) in [4.78, 5) is 17.4. The summed E-state index contributed by atoms with van der Waals surface area (Å²) in [5, 5.41) is 0. The lowest BCUT2D eigenvalue weighted by molar-refractivity contribution is 0.130. The third-order valence-corrected chi connectivity index (χ3v) is 4.18. The second-order valence-electron chi connectivity index (χ2n) is 5.05. The van der Waals surface area contributed by atoms with E-state index in [1.165, 1.54) is 19.3 Å². The van der Waals surface area contributed by atoms with Crippen LogP contribution in [0, 0.1) is 18.3 Å². The van der Waals surface area contributed by atoms with Gasteiger partial charge in [-0.3, -0.25) is 4.90 Å². The lowest BCUT2D eigenvalue weighted by Gasteiger charge is -2.42. The zero-order valence-corrected chi connectivity index (χ0v) is 10.3. The minimum Gasteiger partial charge on any atom is -0.385 e. The summed E-state index contributed by atoms with van der Waals surface area (Å²) in [6.07, 6.45) is 11.2. The Kier molecular flexibility index (Phi) is 3.10. The molecule has 2 rings (SSSR count). The van der Waals surface area contributed by atoms with Gasteiger partial charge in [-0.25, -0.2) is 4.79 Å². The second-order valence-corrected chi connectivity index (χ2v) is 5.05. The molecule has 0 aromatic heterocycles. The minimum absolute atomic E-state index is 0.284. The summed E-state index contributed by atoms with van der Waals surface area (Å²) in [5.74, 6) is 3.35. The van der Waals surface area contributed by atoms with E-state index >= 15 is 0 Å². The fourth-order valence-corrected chi connectivity index (χ4v) is 3.03. The van der Waals surface area contributed by atoms with Crippen molar-refractivity contribution in [2.45, 2.75) is 44.6 Å². The zero-order valence-electron chi connectivity index (χ0n) is 10.3. The first kappa shape index (κ1) is 12.0. The Balaban J connectivity index is 2.28. The first-order valence-corrected chi connectivity index (χ1v) is 6.20. The van der Waals surface area contributed by atoms with Gasteiger partial charge >= 0.3 is 6.03 Å². The summed E-state index contributed by atoms with van der Waals surface area (Å²) in [6, 6.07) is -0.284. The molecular formula is C13H19N3O. The molecule has 1 aliphatic carbocycles. The van der Waals surface area contributed by atoms with Crippen LogP contribution in [0.1, 0.15) is 39.0 Å². The van der Waals surface area contributed by atoms with Crippen molar-refractivity contribution in [1.29, 1.82) is 0 Å². The maximum atomic E-state index is 11.8. The van der Waals surface area contributed by atoms with Crippen molar-refractivity contribution < 1.29 is 4.79 Å². The smallest absolute Gasteiger partial charge is 0.346 e. The fraction of sp³-hybridized carbons (Fsp3) is 0.692. The summed E-state index contributed by atoms with van der Waals surface area (Å²) in [5.41, 5.74) is 5.51. The molecule has 1 heterocycles. The molecule has 4 heteroatoms. The van der Waals surface area contributed by atoms with Gasteiger partial charge < -0.3 is 5.73 Å². The van der Waals surface area contributed by atoms with Crippen molar-refractivity contribution in [3.8, 4) is 12.3 Å². The fourth-order valence-electron chi connectivity index (χ4n) is 3.03. The van der Waals surface area contributed by atoms with E-state index in [1.807, 2.05) is 6.92 Å². The number of hydrogen-bond acceptors (Lipinski definition) is 2. The molecule has 17 heavy (non-hydrogen) atoms. The van der Waals surface area contributed by atoms with Gasteiger partial charge in [-0.1, -0.05) is 25.2 Å². The Bertz CT molecular complexity index is 390. The van der Waals surface area contributed by atoms with Gasteiger partial charge in [0.2, 0.25) is 0 Å². The summed E-state index contributed by atoms with van der Waals surface area (Å²) >= 11 is 0. The van der Waals surface area contributed by atoms with Crippen molar-refractivity contribution >= 4 is 11.9 Å². The third kappa shape index (κ3) is 1.80. The highest BCUT2D eigenvalue weighted by atomic mass is 16.2. The van der Waals surface area contributed by atoms with Crippen molar-refractivity contribution in [3.05, 3.63) is 0 Å². The Labute approximate surface area is 102 Å². The Morgan fingerprint density at radius 1 is 1.53 bits per heavy atom. The van der Waals surface area contributed by atoms with Gasteiger partial charge in [-0.2, -0.15) is 4.99 Å². The van der Waals surface area contributed by atoms with Crippen LogP contribution in [0.15, 0.2) is 4.99 Å². The second kappa shape index (κ2) is 4.40. The number of carbonyl (C=O) groups excluding carboxylic acids is 1. The predicted octanol–water partition coefficient (Wildman–Crippen LogP) is 1.75. The number of terminal acetylenes is 1. The van der Waals surface area contributed by atoms with Gasteiger partial charge in [-0.05, 0) is 25.7 Å².